The standard InChI is InChI=1S/C21H27N5O4/c1-14-7-11-25(12-8-14)17-6-5-16(13-18(17)26(28)29)19(27)23-21(9-3-4-10-21)20-22-15(2)30-24-20/h5-6,13-14H,3-4,7-12H2,1-2H3,(H,23,27). The number of carbonyl (C=O) groups excluding carboxylic acids is 1. The van der Waals surface area contributed by atoms with Crippen LogP contribution in [0.2, 0.25) is 0 Å². The van der Waals surface area contributed by atoms with E-state index in [0.29, 0.717) is 36.2 Å². The Morgan fingerprint density at radius 2 is 2.00 bits per heavy atom. The molecule has 1 aromatic heterocycles. The van der Waals surface area contributed by atoms with Crippen molar-refractivity contribution in [2.45, 2.75) is 57.9 Å². The number of aryl methyl sites for hydroxylation is 1. The number of nitro groups is 1. The van der Waals surface area contributed by atoms with Gasteiger partial charge in [-0.2, -0.15) is 4.98 Å². The number of aromatic nitrogens is 2. The molecule has 160 valence electrons. The van der Waals surface area contributed by atoms with E-state index in [1.807, 2.05) is 4.90 Å². The van der Waals surface area contributed by atoms with Crippen LogP contribution in [0.4, 0.5) is 11.4 Å². The number of anilines is 1. The minimum Gasteiger partial charge on any atom is -0.366 e. The van der Waals surface area contributed by atoms with E-state index in [-0.39, 0.29) is 17.2 Å². The van der Waals surface area contributed by atoms with Crippen molar-refractivity contribution < 1.29 is 14.2 Å². The van der Waals surface area contributed by atoms with Crippen molar-refractivity contribution in [3.63, 3.8) is 0 Å². The molecule has 1 aromatic carbocycles. The molecule has 1 amide bonds. The van der Waals surface area contributed by atoms with Crippen molar-refractivity contribution in [2.75, 3.05) is 18.0 Å². The van der Waals surface area contributed by atoms with Gasteiger partial charge in [0.25, 0.3) is 11.6 Å². The van der Waals surface area contributed by atoms with Crippen LogP contribution < -0.4 is 10.2 Å². The third-order valence-electron chi connectivity index (χ3n) is 6.32. The molecule has 4 rings (SSSR count). The van der Waals surface area contributed by atoms with E-state index >= 15 is 0 Å². The summed E-state index contributed by atoms with van der Waals surface area (Å²) >= 11 is 0. The first-order valence-corrected chi connectivity index (χ1v) is 10.5. The average Bonchev–Trinajstić information content (AvgIpc) is 3.38. The van der Waals surface area contributed by atoms with Crippen molar-refractivity contribution in [3.05, 3.63) is 45.6 Å². The second-order valence-corrected chi connectivity index (χ2v) is 8.51. The van der Waals surface area contributed by atoms with Crippen LogP contribution in [0.25, 0.3) is 0 Å². The Bertz CT molecular complexity index is 943. The van der Waals surface area contributed by atoms with Crippen molar-refractivity contribution >= 4 is 17.3 Å². The van der Waals surface area contributed by atoms with Gasteiger partial charge in [0.2, 0.25) is 5.89 Å². The zero-order chi connectivity index (χ0) is 21.3. The first-order valence-electron chi connectivity index (χ1n) is 10.5. The number of rotatable bonds is 5. The first-order chi connectivity index (χ1) is 14.4. The Labute approximate surface area is 175 Å². The predicted molar refractivity (Wildman–Crippen MR) is 110 cm³/mol. The number of nitrogens with one attached hydrogen (secondary N) is 1. The fraction of sp³-hybridized carbons (Fsp3) is 0.571. The Balaban J connectivity index is 1.59. The minimum absolute atomic E-state index is 0.0342. The fourth-order valence-corrected chi connectivity index (χ4v) is 4.49. The summed E-state index contributed by atoms with van der Waals surface area (Å²) < 4.78 is 5.12. The number of amides is 1. The highest BCUT2D eigenvalue weighted by atomic mass is 16.6. The van der Waals surface area contributed by atoms with Gasteiger partial charge in [-0.05, 0) is 43.7 Å². The zero-order valence-corrected chi connectivity index (χ0v) is 17.4. The normalized spacial score (nSPS) is 19.1. The monoisotopic (exact) mass is 413 g/mol. The van der Waals surface area contributed by atoms with Crippen molar-refractivity contribution in [2.24, 2.45) is 5.92 Å². The van der Waals surface area contributed by atoms with Crippen LogP contribution in [0.15, 0.2) is 22.7 Å². The van der Waals surface area contributed by atoms with Gasteiger partial charge in [-0.3, -0.25) is 14.9 Å². The van der Waals surface area contributed by atoms with E-state index in [1.165, 1.54) is 6.07 Å². The molecule has 1 saturated carbocycles. The molecule has 2 aromatic rings. The summed E-state index contributed by atoms with van der Waals surface area (Å²) in [5.41, 5.74) is 0.119. The number of benzene rings is 1. The maximum absolute atomic E-state index is 13.1. The molecule has 0 bridgehead atoms. The quantitative estimate of drug-likeness (QED) is 0.587. The first kappa shape index (κ1) is 20.3. The van der Waals surface area contributed by atoms with Crippen LogP contribution in [-0.2, 0) is 5.54 Å². The lowest BCUT2D eigenvalue weighted by molar-refractivity contribution is -0.384. The molecule has 0 unspecified atom stereocenters. The van der Waals surface area contributed by atoms with Gasteiger partial charge in [0.15, 0.2) is 5.82 Å². The van der Waals surface area contributed by atoms with Crippen molar-refractivity contribution in [1.29, 1.82) is 0 Å². The van der Waals surface area contributed by atoms with Gasteiger partial charge in [-0.1, -0.05) is 24.9 Å². The summed E-state index contributed by atoms with van der Waals surface area (Å²) in [6.45, 7) is 5.48. The molecular weight excluding hydrogens is 386 g/mol. The summed E-state index contributed by atoms with van der Waals surface area (Å²) in [5, 5.41) is 18.8. The Hall–Kier alpha value is -2.97. The number of nitrogens with zero attached hydrogens (tertiary/aromatic N) is 4. The van der Waals surface area contributed by atoms with Crippen molar-refractivity contribution in [1.82, 2.24) is 15.5 Å². The lowest BCUT2D eigenvalue weighted by Gasteiger charge is -2.32. The molecule has 2 fully saturated rings. The van der Waals surface area contributed by atoms with Crippen molar-refractivity contribution in [3.8, 4) is 0 Å². The lowest BCUT2D eigenvalue weighted by atomic mass is 9.95. The van der Waals surface area contributed by atoms with E-state index in [4.69, 9.17) is 4.52 Å². The topological polar surface area (TPSA) is 114 Å². The molecule has 0 radical (unpaired) electrons. The van der Waals surface area contributed by atoms with Crippen LogP contribution in [0, 0.1) is 23.0 Å². The highest BCUT2D eigenvalue weighted by molar-refractivity contribution is 5.96. The van der Waals surface area contributed by atoms with Crippen LogP contribution in [0.1, 0.15) is 67.5 Å². The number of hydrogen-bond acceptors (Lipinski definition) is 7. The molecule has 0 atom stereocenters. The summed E-state index contributed by atoms with van der Waals surface area (Å²) in [7, 11) is 0. The van der Waals surface area contributed by atoms with Crippen LogP contribution in [-0.4, -0.2) is 34.1 Å². The molecule has 1 aliphatic carbocycles. The summed E-state index contributed by atoms with van der Waals surface area (Å²) in [4.78, 5) is 30.8. The Kier molecular flexibility index (Phi) is 5.44. The molecule has 2 aliphatic rings. The smallest absolute Gasteiger partial charge is 0.293 e. The van der Waals surface area contributed by atoms with Gasteiger partial charge in [0, 0.05) is 31.6 Å². The molecule has 9 heteroatoms. The van der Waals surface area contributed by atoms with E-state index in [0.717, 1.165) is 38.8 Å². The largest absolute Gasteiger partial charge is 0.366 e. The highest BCUT2D eigenvalue weighted by Crippen LogP contribution is 2.38. The van der Waals surface area contributed by atoms with Gasteiger partial charge in [-0.25, -0.2) is 0 Å². The van der Waals surface area contributed by atoms with Crippen LogP contribution in [0.5, 0.6) is 0 Å². The second kappa shape index (κ2) is 8.04. The fourth-order valence-electron chi connectivity index (χ4n) is 4.49. The van der Waals surface area contributed by atoms with Crippen LogP contribution >= 0.6 is 0 Å². The van der Waals surface area contributed by atoms with E-state index in [9.17, 15) is 14.9 Å². The number of nitro benzene ring substituents is 1. The lowest BCUT2D eigenvalue weighted by Crippen LogP contribution is -2.44. The SMILES string of the molecule is Cc1nc(C2(NC(=O)c3ccc(N4CCC(C)CC4)c([N+](=O)[O-])c3)CCCC2)no1. The number of hydrogen-bond donors (Lipinski definition) is 1. The Morgan fingerprint density at radius 1 is 1.30 bits per heavy atom. The summed E-state index contributed by atoms with van der Waals surface area (Å²) in [6.07, 6.45) is 5.33. The molecular formula is C21H27N5O4. The molecule has 9 nitrogen and oxygen atoms in total. The Morgan fingerprint density at radius 3 is 2.60 bits per heavy atom. The van der Waals surface area contributed by atoms with Crippen LogP contribution in [0.3, 0.4) is 0 Å². The van der Waals surface area contributed by atoms with Gasteiger partial charge < -0.3 is 14.7 Å². The van der Waals surface area contributed by atoms with Gasteiger partial charge >= 0.3 is 0 Å². The minimum atomic E-state index is -0.689. The third kappa shape index (κ3) is 3.88. The third-order valence-corrected chi connectivity index (χ3v) is 6.32. The zero-order valence-electron chi connectivity index (χ0n) is 17.4. The van der Waals surface area contributed by atoms with Gasteiger partial charge in [0.1, 0.15) is 11.2 Å². The molecule has 1 N–H and O–H groups in total. The number of carbonyl (C=O) groups is 1. The predicted octanol–water partition coefficient (Wildman–Crippen LogP) is 3.72. The van der Waals surface area contributed by atoms with Gasteiger partial charge in [-0.15, -0.1) is 0 Å². The second-order valence-electron chi connectivity index (χ2n) is 8.51. The molecule has 30 heavy (non-hydrogen) atoms. The van der Waals surface area contributed by atoms with E-state index in [1.54, 1.807) is 19.1 Å². The van der Waals surface area contributed by atoms with E-state index in [2.05, 4.69) is 22.4 Å². The average molecular weight is 413 g/mol. The maximum Gasteiger partial charge on any atom is 0.293 e. The van der Waals surface area contributed by atoms with Gasteiger partial charge in [0.05, 0.1) is 4.92 Å². The molecule has 0 spiro atoms. The summed E-state index contributed by atoms with van der Waals surface area (Å²) in [5.74, 6) is 1.18. The maximum atomic E-state index is 13.1. The summed E-state index contributed by atoms with van der Waals surface area (Å²) in [6, 6.07) is 4.75. The molecule has 1 saturated heterocycles. The number of piperidine rings is 1. The highest BCUT2D eigenvalue weighted by Gasteiger charge is 2.41. The van der Waals surface area contributed by atoms with E-state index < -0.39 is 10.5 Å². The molecule has 2 heterocycles. The molecule has 1 aliphatic heterocycles.